The molecule has 1 saturated heterocycles. The lowest BCUT2D eigenvalue weighted by Gasteiger charge is -2.30. The third kappa shape index (κ3) is 3.56. The Hall–Kier alpha value is -3.06. The van der Waals surface area contributed by atoms with E-state index >= 15 is 0 Å². The van der Waals surface area contributed by atoms with Crippen LogP contribution in [0.5, 0.6) is 5.75 Å². The molecule has 6 nitrogen and oxygen atoms in total. The first kappa shape index (κ1) is 16.8. The second kappa shape index (κ2) is 7.23. The molecule has 1 aliphatic rings. The molecule has 2 amide bonds. The maximum atomic E-state index is 12.8. The van der Waals surface area contributed by atoms with E-state index < -0.39 is 17.7 Å². The number of thiocarbonyl (C=S) groups is 1. The zero-order valence-corrected chi connectivity index (χ0v) is 14.2. The van der Waals surface area contributed by atoms with Crippen LogP contribution >= 0.6 is 12.2 Å². The van der Waals surface area contributed by atoms with Crippen LogP contribution in [0.15, 0.2) is 59.6 Å². The number of rotatable bonds is 4. The number of aliphatic imine (C=N–C) groups is 1. The van der Waals surface area contributed by atoms with Gasteiger partial charge in [0.2, 0.25) is 5.91 Å². The summed E-state index contributed by atoms with van der Waals surface area (Å²) >= 11 is 5.14. The van der Waals surface area contributed by atoms with Crippen LogP contribution in [-0.2, 0) is 9.59 Å². The topological polar surface area (TPSA) is 71.0 Å². The van der Waals surface area contributed by atoms with E-state index in [9.17, 15) is 9.59 Å². The molecule has 0 aromatic heterocycles. The molecule has 25 heavy (non-hydrogen) atoms. The van der Waals surface area contributed by atoms with Crippen LogP contribution in [0.2, 0.25) is 0 Å². The summed E-state index contributed by atoms with van der Waals surface area (Å²) in [7, 11) is 1.56. The summed E-state index contributed by atoms with van der Waals surface area (Å²) in [4.78, 5) is 30.5. The normalized spacial score (nSPS) is 17.7. The molecule has 0 bridgehead atoms. The lowest BCUT2D eigenvalue weighted by Crippen LogP contribution is -2.58. The van der Waals surface area contributed by atoms with Crippen molar-refractivity contribution in [3.8, 4) is 5.75 Å². The molecule has 126 valence electrons. The molecule has 2 aromatic carbocycles. The number of hydrogen-bond acceptors (Lipinski definition) is 5. The van der Waals surface area contributed by atoms with E-state index in [1.165, 1.54) is 11.1 Å². The van der Waals surface area contributed by atoms with Crippen LogP contribution in [0.4, 0.5) is 11.4 Å². The molecule has 0 unspecified atom stereocenters. The van der Waals surface area contributed by atoms with Gasteiger partial charge in [0.15, 0.2) is 11.0 Å². The number of ether oxygens (including phenoxy) is 1. The summed E-state index contributed by atoms with van der Waals surface area (Å²) in [6.45, 7) is 0. The first-order valence-electron chi connectivity index (χ1n) is 7.52. The summed E-state index contributed by atoms with van der Waals surface area (Å²) in [6.07, 6.45) is 1.32. The second-order valence-corrected chi connectivity index (χ2v) is 5.65. The molecule has 1 aliphatic heterocycles. The van der Waals surface area contributed by atoms with Crippen molar-refractivity contribution in [3.05, 3.63) is 54.6 Å². The van der Waals surface area contributed by atoms with E-state index in [1.54, 1.807) is 55.6 Å². The van der Waals surface area contributed by atoms with Crippen LogP contribution in [0.3, 0.4) is 0 Å². The van der Waals surface area contributed by atoms with Crippen LogP contribution in [0, 0.1) is 5.92 Å². The number of methoxy groups -OCH3 is 1. The minimum Gasteiger partial charge on any atom is -0.497 e. The number of anilines is 1. The molecule has 0 aliphatic carbocycles. The van der Waals surface area contributed by atoms with Gasteiger partial charge in [-0.15, -0.1) is 0 Å². The Balaban J connectivity index is 1.87. The van der Waals surface area contributed by atoms with Crippen molar-refractivity contribution in [2.24, 2.45) is 10.9 Å². The molecule has 0 radical (unpaired) electrons. The summed E-state index contributed by atoms with van der Waals surface area (Å²) < 4.78 is 5.13. The maximum absolute atomic E-state index is 12.8. The molecule has 1 heterocycles. The molecule has 1 atom stereocenters. The average Bonchev–Trinajstić information content (AvgIpc) is 2.62. The molecule has 3 rings (SSSR count). The van der Waals surface area contributed by atoms with Crippen molar-refractivity contribution in [1.82, 2.24) is 5.32 Å². The van der Waals surface area contributed by atoms with Gasteiger partial charge >= 0.3 is 0 Å². The van der Waals surface area contributed by atoms with Gasteiger partial charge in [-0.1, -0.05) is 24.3 Å². The largest absolute Gasteiger partial charge is 0.497 e. The van der Waals surface area contributed by atoms with Gasteiger partial charge in [-0.2, -0.15) is 0 Å². The van der Waals surface area contributed by atoms with Crippen LogP contribution < -0.4 is 15.0 Å². The molecule has 1 fully saturated rings. The lowest BCUT2D eigenvalue weighted by atomic mass is 10.1. The maximum Gasteiger partial charge on any atom is 0.251 e. The van der Waals surface area contributed by atoms with Gasteiger partial charge in [0.1, 0.15) is 5.75 Å². The predicted octanol–water partition coefficient (Wildman–Crippen LogP) is 2.46. The van der Waals surface area contributed by atoms with Crippen molar-refractivity contribution < 1.29 is 14.3 Å². The number of carbonyl (C=O) groups is 2. The number of amides is 2. The van der Waals surface area contributed by atoms with Crippen LogP contribution in [-0.4, -0.2) is 30.3 Å². The summed E-state index contributed by atoms with van der Waals surface area (Å²) in [6, 6.07) is 15.9. The van der Waals surface area contributed by atoms with E-state index in [2.05, 4.69) is 10.3 Å². The highest BCUT2D eigenvalue weighted by molar-refractivity contribution is 7.80. The molecule has 1 N–H and O–H groups in total. The van der Waals surface area contributed by atoms with E-state index in [4.69, 9.17) is 17.0 Å². The van der Waals surface area contributed by atoms with E-state index in [0.29, 0.717) is 17.1 Å². The van der Waals surface area contributed by atoms with E-state index in [1.807, 2.05) is 6.07 Å². The number of para-hydroxylation sites is 1. The lowest BCUT2D eigenvalue weighted by molar-refractivity contribution is -0.130. The van der Waals surface area contributed by atoms with E-state index in [-0.39, 0.29) is 5.11 Å². The fraction of sp³-hybridized carbons (Fsp3) is 0.111. The van der Waals surface area contributed by atoms with Gasteiger partial charge in [0, 0.05) is 12.3 Å². The molecular weight excluding hydrogens is 338 g/mol. The predicted molar refractivity (Wildman–Crippen MR) is 99.3 cm³/mol. The van der Waals surface area contributed by atoms with Gasteiger partial charge in [-0.05, 0) is 36.5 Å². The van der Waals surface area contributed by atoms with Crippen molar-refractivity contribution >= 4 is 46.7 Å². The fourth-order valence-corrected chi connectivity index (χ4v) is 2.69. The van der Waals surface area contributed by atoms with Crippen molar-refractivity contribution in [3.63, 3.8) is 0 Å². The smallest absolute Gasteiger partial charge is 0.251 e. The van der Waals surface area contributed by atoms with Gasteiger partial charge in [-0.25, -0.2) is 0 Å². The molecule has 7 heteroatoms. The zero-order chi connectivity index (χ0) is 17.8. The Kier molecular flexibility index (Phi) is 4.85. The number of nitrogens with zero attached hydrogens (tertiary/aromatic N) is 2. The Morgan fingerprint density at radius 1 is 1.16 bits per heavy atom. The first-order chi connectivity index (χ1) is 12.1. The standard InChI is InChI=1S/C18H15N3O3S/c1-24-14-9-5-6-12(10-14)19-11-15-16(22)20-18(25)21(17(15)23)13-7-3-2-4-8-13/h2-11,15H,1H3,(H,20,22,25)/t15-/m0/s1. The van der Waals surface area contributed by atoms with Crippen molar-refractivity contribution in [1.29, 1.82) is 0 Å². The number of carbonyl (C=O) groups excluding carboxylic acids is 2. The fourth-order valence-electron chi connectivity index (χ4n) is 2.39. The third-order valence-corrected chi connectivity index (χ3v) is 3.93. The quantitative estimate of drug-likeness (QED) is 0.521. The van der Waals surface area contributed by atoms with Gasteiger partial charge < -0.3 is 10.1 Å². The highest BCUT2D eigenvalue weighted by Crippen LogP contribution is 2.22. The zero-order valence-electron chi connectivity index (χ0n) is 13.4. The first-order valence-corrected chi connectivity index (χ1v) is 7.93. The van der Waals surface area contributed by atoms with Gasteiger partial charge in [0.25, 0.3) is 5.91 Å². The van der Waals surface area contributed by atoms with Crippen LogP contribution in [0.25, 0.3) is 0 Å². The summed E-state index contributed by atoms with van der Waals surface area (Å²) in [5.41, 5.74) is 1.18. The molecule has 2 aromatic rings. The third-order valence-electron chi connectivity index (χ3n) is 3.64. The number of benzene rings is 2. The molecular formula is C18H15N3O3S. The number of hydrogen-bond donors (Lipinski definition) is 1. The number of nitrogens with one attached hydrogen (secondary N) is 1. The minimum absolute atomic E-state index is 0.0623. The van der Waals surface area contributed by atoms with Gasteiger partial charge in [0.05, 0.1) is 18.5 Å². The second-order valence-electron chi connectivity index (χ2n) is 5.26. The van der Waals surface area contributed by atoms with Gasteiger partial charge in [-0.3, -0.25) is 19.5 Å². The molecule has 0 saturated carbocycles. The summed E-state index contributed by atoms with van der Waals surface area (Å²) in [5.74, 6) is -1.35. The Morgan fingerprint density at radius 3 is 2.64 bits per heavy atom. The van der Waals surface area contributed by atoms with E-state index in [0.717, 1.165) is 0 Å². The highest BCUT2D eigenvalue weighted by atomic mass is 32.1. The average molecular weight is 353 g/mol. The minimum atomic E-state index is -1.06. The monoisotopic (exact) mass is 353 g/mol. The Bertz CT molecular complexity index is 852. The Labute approximate surface area is 150 Å². The van der Waals surface area contributed by atoms with Crippen molar-refractivity contribution in [2.75, 3.05) is 12.0 Å². The van der Waals surface area contributed by atoms with Crippen molar-refractivity contribution in [2.45, 2.75) is 0 Å². The summed E-state index contributed by atoms with van der Waals surface area (Å²) in [5, 5.41) is 2.61. The molecule has 0 spiro atoms. The van der Waals surface area contributed by atoms with Crippen LogP contribution in [0.1, 0.15) is 0 Å². The highest BCUT2D eigenvalue weighted by Gasteiger charge is 2.38. The Morgan fingerprint density at radius 2 is 1.92 bits per heavy atom. The SMILES string of the molecule is COc1cccc(N=C[C@H]2C(=O)NC(=S)N(c3ccccc3)C2=O)c1.